The zero-order chi connectivity index (χ0) is 14.8. The summed E-state index contributed by atoms with van der Waals surface area (Å²) < 4.78 is 39.4. The molecule has 20 heavy (non-hydrogen) atoms. The number of halogens is 3. The van der Waals surface area contributed by atoms with Crippen molar-refractivity contribution in [3.8, 4) is 0 Å². The van der Waals surface area contributed by atoms with E-state index in [1.807, 2.05) is 0 Å². The van der Waals surface area contributed by atoms with Crippen molar-refractivity contribution < 1.29 is 13.2 Å². The molecule has 0 aliphatic carbocycles. The molecular weight excluding hydrogens is 275 g/mol. The van der Waals surface area contributed by atoms with Crippen LogP contribution >= 0.6 is 0 Å². The molecule has 0 aromatic carbocycles. The van der Waals surface area contributed by atoms with Crippen LogP contribution in [0.4, 0.5) is 24.9 Å². The Bertz CT molecular complexity index is 593. The second-order valence-electron chi connectivity index (χ2n) is 4.03. The maximum absolute atomic E-state index is 12.6. The van der Waals surface area contributed by atoms with Crippen LogP contribution in [0, 0.1) is 0 Å². The standard InChI is InChI=1S/C10H12F3N7/c1-20-5-16-19-8(20)2-3-15-7-4-6(10(11,12)13)17-9(14)18-7/h4-5H,2-3H2,1H3,(H3,14,15,17,18). The van der Waals surface area contributed by atoms with Crippen LogP contribution in [0.2, 0.25) is 0 Å². The molecule has 2 heterocycles. The highest BCUT2D eigenvalue weighted by atomic mass is 19.4. The lowest BCUT2D eigenvalue weighted by Gasteiger charge is -2.10. The summed E-state index contributed by atoms with van der Waals surface area (Å²) in [6.07, 6.45) is -2.53. The number of alkyl halides is 3. The minimum Gasteiger partial charge on any atom is -0.369 e. The van der Waals surface area contributed by atoms with Crippen molar-refractivity contribution in [2.75, 3.05) is 17.6 Å². The van der Waals surface area contributed by atoms with Crippen LogP contribution in [-0.2, 0) is 19.6 Å². The molecule has 2 rings (SSSR count). The molecule has 3 N–H and O–H groups in total. The molecule has 0 aliphatic heterocycles. The number of aromatic nitrogens is 5. The highest BCUT2D eigenvalue weighted by Gasteiger charge is 2.33. The first-order valence-electron chi connectivity index (χ1n) is 5.65. The smallest absolute Gasteiger partial charge is 0.369 e. The molecule has 0 saturated heterocycles. The maximum atomic E-state index is 12.6. The predicted molar refractivity (Wildman–Crippen MR) is 64.6 cm³/mol. The molecule has 0 unspecified atom stereocenters. The van der Waals surface area contributed by atoms with E-state index in [4.69, 9.17) is 5.73 Å². The van der Waals surface area contributed by atoms with Gasteiger partial charge in [0.05, 0.1) is 0 Å². The quantitative estimate of drug-likeness (QED) is 0.866. The average molecular weight is 287 g/mol. The molecule has 0 fully saturated rings. The molecule has 2 aromatic heterocycles. The van der Waals surface area contributed by atoms with E-state index in [1.54, 1.807) is 17.9 Å². The number of nitrogens with zero attached hydrogens (tertiary/aromatic N) is 5. The molecule has 10 heteroatoms. The fourth-order valence-electron chi connectivity index (χ4n) is 1.54. The Kier molecular flexibility index (Phi) is 3.72. The number of hydrogen-bond donors (Lipinski definition) is 2. The number of hydrogen-bond acceptors (Lipinski definition) is 6. The van der Waals surface area contributed by atoms with Gasteiger partial charge in [0, 0.05) is 26.1 Å². The minimum absolute atomic E-state index is 0.0204. The van der Waals surface area contributed by atoms with Crippen molar-refractivity contribution in [3.05, 3.63) is 23.9 Å². The second kappa shape index (κ2) is 5.31. The van der Waals surface area contributed by atoms with Gasteiger partial charge in [-0.2, -0.15) is 18.2 Å². The lowest BCUT2D eigenvalue weighted by Crippen LogP contribution is -2.14. The van der Waals surface area contributed by atoms with Gasteiger partial charge in [0.15, 0.2) is 5.69 Å². The first-order chi connectivity index (χ1) is 9.36. The summed E-state index contributed by atoms with van der Waals surface area (Å²) >= 11 is 0. The molecule has 0 radical (unpaired) electrons. The average Bonchev–Trinajstić information content (AvgIpc) is 2.73. The van der Waals surface area contributed by atoms with Crippen LogP contribution in [0.3, 0.4) is 0 Å². The topological polar surface area (TPSA) is 94.5 Å². The van der Waals surface area contributed by atoms with Gasteiger partial charge in [-0.1, -0.05) is 0 Å². The second-order valence-corrected chi connectivity index (χ2v) is 4.03. The first-order valence-corrected chi connectivity index (χ1v) is 5.65. The Balaban J connectivity index is 2.03. The third-order valence-corrected chi connectivity index (χ3v) is 2.49. The number of nitrogen functional groups attached to an aromatic ring is 1. The molecule has 0 bridgehead atoms. The lowest BCUT2D eigenvalue weighted by atomic mass is 10.3. The van der Waals surface area contributed by atoms with Gasteiger partial charge in [-0.25, -0.2) is 4.98 Å². The van der Waals surface area contributed by atoms with Crippen LogP contribution in [0.25, 0.3) is 0 Å². The van der Waals surface area contributed by atoms with Gasteiger partial charge in [-0.3, -0.25) is 0 Å². The van der Waals surface area contributed by atoms with Crippen LogP contribution < -0.4 is 11.1 Å². The molecule has 0 saturated carbocycles. The van der Waals surface area contributed by atoms with Gasteiger partial charge in [0.25, 0.3) is 0 Å². The Morgan fingerprint density at radius 1 is 1.35 bits per heavy atom. The van der Waals surface area contributed by atoms with E-state index in [2.05, 4.69) is 25.5 Å². The van der Waals surface area contributed by atoms with Crippen molar-refractivity contribution >= 4 is 11.8 Å². The Labute approximate surface area is 112 Å². The highest BCUT2D eigenvalue weighted by molar-refractivity contribution is 5.41. The van der Waals surface area contributed by atoms with Crippen molar-refractivity contribution in [2.45, 2.75) is 12.6 Å². The highest BCUT2D eigenvalue weighted by Crippen LogP contribution is 2.29. The van der Waals surface area contributed by atoms with Crippen molar-refractivity contribution in [3.63, 3.8) is 0 Å². The van der Waals surface area contributed by atoms with Crippen molar-refractivity contribution in [2.24, 2.45) is 7.05 Å². The number of nitrogens with two attached hydrogens (primary N) is 1. The summed E-state index contributed by atoms with van der Waals surface area (Å²) in [5.74, 6) is 0.295. The summed E-state index contributed by atoms with van der Waals surface area (Å²) in [5, 5.41) is 10.3. The van der Waals surface area contributed by atoms with Gasteiger partial charge in [0.1, 0.15) is 18.0 Å². The van der Waals surface area contributed by atoms with Gasteiger partial charge < -0.3 is 15.6 Å². The fourth-order valence-corrected chi connectivity index (χ4v) is 1.54. The van der Waals surface area contributed by atoms with E-state index >= 15 is 0 Å². The first kappa shape index (κ1) is 14.0. The van der Waals surface area contributed by atoms with Gasteiger partial charge in [-0.05, 0) is 0 Å². The van der Waals surface area contributed by atoms with E-state index in [0.29, 0.717) is 18.8 Å². The third kappa shape index (κ3) is 3.33. The van der Waals surface area contributed by atoms with E-state index in [-0.39, 0.29) is 5.82 Å². The summed E-state index contributed by atoms with van der Waals surface area (Å²) in [6, 6.07) is 0.813. The molecule has 0 aliphatic rings. The summed E-state index contributed by atoms with van der Waals surface area (Å²) in [6.45, 7) is 0.348. The molecule has 7 nitrogen and oxygen atoms in total. The summed E-state index contributed by atoms with van der Waals surface area (Å²) in [5.41, 5.74) is 4.18. The molecule has 108 valence electrons. The zero-order valence-electron chi connectivity index (χ0n) is 10.5. The van der Waals surface area contributed by atoms with Crippen molar-refractivity contribution in [1.82, 2.24) is 24.7 Å². The van der Waals surface area contributed by atoms with Gasteiger partial charge in [0.2, 0.25) is 5.95 Å². The van der Waals surface area contributed by atoms with Crippen LogP contribution in [-0.4, -0.2) is 31.3 Å². The number of rotatable bonds is 4. The molecular formula is C10H12F3N7. The largest absolute Gasteiger partial charge is 0.433 e. The normalized spacial score (nSPS) is 11.6. The number of nitrogens with one attached hydrogen (secondary N) is 1. The van der Waals surface area contributed by atoms with E-state index in [0.717, 1.165) is 6.07 Å². The van der Waals surface area contributed by atoms with Crippen molar-refractivity contribution in [1.29, 1.82) is 0 Å². The molecule has 0 atom stereocenters. The molecule has 2 aromatic rings. The lowest BCUT2D eigenvalue weighted by molar-refractivity contribution is -0.141. The van der Waals surface area contributed by atoms with Gasteiger partial charge in [-0.15, -0.1) is 10.2 Å². The minimum atomic E-state index is -4.56. The van der Waals surface area contributed by atoms with E-state index in [9.17, 15) is 13.2 Å². The summed E-state index contributed by atoms with van der Waals surface area (Å²) in [7, 11) is 1.78. The van der Waals surface area contributed by atoms with Crippen LogP contribution in [0.1, 0.15) is 11.5 Å². The summed E-state index contributed by atoms with van der Waals surface area (Å²) in [4.78, 5) is 6.85. The number of aryl methyl sites for hydroxylation is 1. The van der Waals surface area contributed by atoms with Gasteiger partial charge >= 0.3 is 6.18 Å². The van der Waals surface area contributed by atoms with Crippen LogP contribution in [0.15, 0.2) is 12.4 Å². The predicted octanol–water partition coefficient (Wildman–Crippen LogP) is 0.861. The maximum Gasteiger partial charge on any atom is 0.433 e. The third-order valence-electron chi connectivity index (χ3n) is 2.49. The van der Waals surface area contributed by atoms with E-state index < -0.39 is 17.8 Å². The van der Waals surface area contributed by atoms with Crippen LogP contribution in [0.5, 0.6) is 0 Å². The molecule has 0 amide bonds. The zero-order valence-corrected chi connectivity index (χ0v) is 10.5. The Morgan fingerprint density at radius 2 is 2.10 bits per heavy atom. The molecule has 0 spiro atoms. The Hall–Kier alpha value is -2.39. The fraction of sp³-hybridized carbons (Fsp3) is 0.400. The van der Waals surface area contributed by atoms with E-state index in [1.165, 1.54) is 0 Å². The number of anilines is 2. The monoisotopic (exact) mass is 287 g/mol. The SMILES string of the molecule is Cn1cnnc1CCNc1cc(C(F)(F)F)nc(N)n1. The Morgan fingerprint density at radius 3 is 2.70 bits per heavy atom.